The van der Waals surface area contributed by atoms with E-state index in [4.69, 9.17) is 17.3 Å². The van der Waals surface area contributed by atoms with E-state index < -0.39 is 11.9 Å². The number of aliphatic hydroxyl groups excluding tert-OH is 1. The van der Waals surface area contributed by atoms with E-state index >= 15 is 0 Å². The number of hydrogen-bond acceptors (Lipinski definition) is 3. The number of aliphatic hydroxyl groups is 1. The summed E-state index contributed by atoms with van der Waals surface area (Å²) in [5, 5.41) is 14.3. The van der Waals surface area contributed by atoms with Gasteiger partial charge < -0.3 is 10.8 Å². The van der Waals surface area contributed by atoms with Gasteiger partial charge in [-0.05, 0) is 12.1 Å². The number of rotatable bonds is 3. The molecule has 1 heterocycles. The van der Waals surface area contributed by atoms with Gasteiger partial charge >= 0.3 is 0 Å². The van der Waals surface area contributed by atoms with Crippen LogP contribution in [-0.4, -0.2) is 14.9 Å². The highest BCUT2D eigenvalue weighted by molar-refractivity contribution is 6.31. The lowest BCUT2D eigenvalue weighted by Crippen LogP contribution is -2.07. The molecule has 1 unspecified atom stereocenters. The van der Waals surface area contributed by atoms with Crippen molar-refractivity contribution < 1.29 is 9.50 Å². The lowest BCUT2D eigenvalue weighted by molar-refractivity contribution is 0.178. The molecule has 0 amide bonds. The van der Waals surface area contributed by atoms with Crippen molar-refractivity contribution in [2.24, 2.45) is 7.05 Å². The van der Waals surface area contributed by atoms with Gasteiger partial charge in [-0.2, -0.15) is 5.10 Å². The molecule has 4 nitrogen and oxygen atoms in total. The van der Waals surface area contributed by atoms with Crippen LogP contribution in [0.15, 0.2) is 24.4 Å². The lowest BCUT2D eigenvalue weighted by Gasteiger charge is -2.12. The Morgan fingerprint density at radius 2 is 2.28 bits per heavy atom. The topological polar surface area (TPSA) is 64.1 Å². The van der Waals surface area contributed by atoms with Crippen molar-refractivity contribution in [3.8, 4) is 0 Å². The number of anilines is 1. The van der Waals surface area contributed by atoms with Crippen LogP contribution in [0.5, 0.6) is 0 Å². The molecule has 2 rings (SSSR count). The van der Waals surface area contributed by atoms with E-state index in [9.17, 15) is 9.50 Å². The van der Waals surface area contributed by atoms with Crippen LogP contribution in [0.1, 0.15) is 17.2 Å². The predicted octanol–water partition coefficient (Wildman–Crippen LogP) is 2.07. The molecule has 0 saturated carbocycles. The number of nitrogens with zero attached hydrogens (tertiary/aromatic N) is 2. The van der Waals surface area contributed by atoms with E-state index in [1.54, 1.807) is 13.1 Å². The number of aryl methyl sites for hydroxylation is 1. The van der Waals surface area contributed by atoms with Crippen molar-refractivity contribution in [3.63, 3.8) is 0 Å². The maximum atomic E-state index is 13.6. The fourth-order valence-corrected chi connectivity index (χ4v) is 1.99. The minimum atomic E-state index is -0.937. The fraction of sp³-hybridized carbons (Fsp3) is 0.250. The summed E-state index contributed by atoms with van der Waals surface area (Å²) < 4.78 is 15.0. The summed E-state index contributed by atoms with van der Waals surface area (Å²) in [7, 11) is 1.67. The third-order valence-electron chi connectivity index (χ3n) is 2.83. The van der Waals surface area contributed by atoms with Gasteiger partial charge in [-0.1, -0.05) is 17.7 Å². The minimum absolute atomic E-state index is 0.0569. The average Bonchev–Trinajstić information content (AvgIpc) is 2.65. The van der Waals surface area contributed by atoms with Crippen LogP contribution in [0.4, 0.5) is 10.2 Å². The highest BCUT2D eigenvalue weighted by Crippen LogP contribution is 2.27. The second-order valence-electron chi connectivity index (χ2n) is 4.03. The summed E-state index contributed by atoms with van der Waals surface area (Å²) in [5.74, 6) is -0.0843. The van der Waals surface area contributed by atoms with Crippen LogP contribution >= 0.6 is 11.6 Å². The molecule has 0 aliphatic carbocycles. The number of hydrogen-bond donors (Lipinski definition) is 2. The van der Waals surface area contributed by atoms with Crippen LogP contribution in [0.25, 0.3) is 0 Å². The highest BCUT2D eigenvalue weighted by Gasteiger charge is 2.18. The largest absolute Gasteiger partial charge is 0.388 e. The van der Waals surface area contributed by atoms with Crippen LogP contribution in [0.2, 0.25) is 5.02 Å². The van der Waals surface area contributed by atoms with Crippen LogP contribution in [-0.2, 0) is 13.5 Å². The normalized spacial score (nSPS) is 12.7. The molecule has 0 aliphatic heterocycles. The van der Waals surface area contributed by atoms with Crippen LogP contribution < -0.4 is 5.73 Å². The number of benzene rings is 1. The van der Waals surface area contributed by atoms with Gasteiger partial charge in [0, 0.05) is 29.6 Å². The fourth-order valence-electron chi connectivity index (χ4n) is 1.75. The zero-order chi connectivity index (χ0) is 13.3. The van der Waals surface area contributed by atoms with E-state index in [1.165, 1.54) is 23.0 Å². The molecule has 0 bridgehead atoms. The second-order valence-corrected chi connectivity index (χ2v) is 4.44. The molecule has 18 heavy (non-hydrogen) atoms. The minimum Gasteiger partial charge on any atom is -0.388 e. The third kappa shape index (κ3) is 2.32. The van der Waals surface area contributed by atoms with E-state index in [0.717, 1.165) is 0 Å². The molecule has 6 heteroatoms. The van der Waals surface area contributed by atoms with Crippen molar-refractivity contribution in [2.45, 2.75) is 12.5 Å². The molecule has 1 aromatic carbocycles. The van der Waals surface area contributed by atoms with Crippen LogP contribution in [0.3, 0.4) is 0 Å². The van der Waals surface area contributed by atoms with Crippen molar-refractivity contribution >= 4 is 17.4 Å². The number of nitrogen functional groups attached to an aromatic ring is 1. The standard InChI is InChI=1S/C12H13ClFN3O/c1-17-12(15)8(6-16-17)11(18)5-7-9(13)3-2-4-10(7)14/h2-4,6,11,18H,5,15H2,1H3. The molecule has 1 atom stereocenters. The Morgan fingerprint density at radius 3 is 2.83 bits per heavy atom. The van der Waals surface area contributed by atoms with Gasteiger partial charge in [0.1, 0.15) is 11.6 Å². The van der Waals surface area contributed by atoms with Gasteiger partial charge in [-0.3, -0.25) is 4.68 Å². The molecular weight excluding hydrogens is 257 g/mol. The Labute approximate surface area is 109 Å². The molecule has 96 valence electrons. The van der Waals surface area contributed by atoms with Crippen molar-refractivity contribution in [2.75, 3.05) is 5.73 Å². The van der Waals surface area contributed by atoms with Gasteiger partial charge in [0.15, 0.2) is 0 Å². The maximum absolute atomic E-state index is 13.6. The van der Waals surface area contributed by atoms with E-state index in [0.29, 0.717) is 11.4 Å². The first-order valence-corrected chi connectivity index (χ1v) is 5.76. The van der Waals surface area contributed by atoms with E-state index in [-0.39, 0.29) is 17.0 Å². The van der Waals surface area contributed by atoms with Gasteiger partial charge in [-0.15, -0.1) is 0 Å². The number of halogens is 2. The zero-order valence-corrected chi connectivity index (χ0v) is 10.5. The summed E-state index contributed by atoms with van der Waals surface area (Å²) in [6.45, 7) is 0. The van der Waals surface area contributed by atoms with Gasteiger partial charge in [0.25, 0.3) is 0 Å². The summed E-state index contributed by atoms with van der Waals surface area (Å²) in [6.07, 6.45) is 0.587. The first-order chi connectivity index (χ1) is 8.50. The maximum Gasteiger partial charge on any atom is 0.127 e. The number of nitrogens with two attached hydrogens (primary N) is 1. The first-order valence-electron chi connectivity index (χ1n) is 5.39. The Kier molecular flexibility index (Phi) is 3.54. The Balaban J connectivity index is 2.27. The van der Waals surface area contributed by atoms with E-state index in [1.807, 2.05) is 0 Å². The molecule has 1 aromatic heterocycles. The zero-order valence-electron chi connectivity index (χ0n) is 9.77. The van der Waals surface area contributed by atoms with Crippen molar-refractivity contribution in [1.29, 1.82) is 0 Å². The van der Waals surface area contributed by atoms with Gasteiger partial charge in [-0.25, -0.2) is 4.39 Å². The SMILES string of the molecule is Cn1ncc(C(O)Cc2c(F)cccc2Cl)c1N. The number of aromatic nitrogens is 2. The quantitative estimate of drug-likeness (QED) is 0.897. The first kappa shape index (κ1) is 12.9. The Hall–Kier alpha value is -1.59. The average molecular weight is 270 g/mol. The third-order valence-corrected chi connectivity index (χ3v) is 3.19. The molecular formula is C12H13ClFN3O. The monoisotopic (exact) mass is 269 g/mol. The van der Waals surface area contributed by atoms with Crippen LogP contribution in [0, 0.1) is 5.82 Å². The molecule has 0 aliphatic rings. The molecule has 0 saturated heterocycles. The molecule has 0 spiro atoms. The van der Waals surface area contributed by atoms with Crippen molar-refractivity contribution in [1.82, 2.24) is 9.78 Å². The van der Waals surface area contributed by atoms with E-state index in [2.05, 4.69) is 5.10 Å². The Morgan fingerprint density at radius 1 is 1.56 bits per heavy atom. The summed E-state index contributed by atoms with van der Waals surface area (Å²) in [4.78, 5) is 0. The van der Waals surface area contributed by atoms with Crippen molar-refractivity contribution in [3.05, 3.63) is 46.4 Å². The highest BCUT2D eigenvalue weighted by atomic mass is 35.5. The lowest BCUT2D eigenvalue weighted by atomic mass is 10.0. The summed E-state index contributed by atoms with van der Waals surface area (Å²) in [6, 6.07) is 4.41. The molecule has 0 radical (unpaired) electrons. The predicted molar refractivity (Wildman–Crippen MR) is 67.7 cm³/mol. The van der Waals surface area contributed by atoms with Gasteiger partial charge in [0.05, 0.1) is 12.3 Å². The second kappa shape index (κ2) is 4.96. The van der Waals surface area contributed by atoms with Gasteiger partial charge in [0.2, 0.25) is 0 Å². The smallest absolute Gasteiger partial charge is 0.127 e. The summed E-state index contributed by atoms with van der Waals surface area (Å²) in [5.41, 5.74) is 6.49. The Bertz CT molecular complexity index is 550. The summed E-state index contributed by atoms with van der Waals surface area (Å²) >= 11 is 5.90. The molecule has 3 N–H and O–H groups in total. The molecule has 0 fully saturated rings. The molecule has 2 aromatic rings.